The second kappa shape index (κ2) is 8.04. The van der Waals surface area contributed by atoms with E-state index in [0.29, 0.717) is 21.9 Å². The first-order valence-electron chi connectivity index (χ1n) is 8.20. The Morgan fingerprint density at radius 2 is 1.68 bits per heavy atom. The van der Waals surface area contributed by atoms with E-state index in [-0.39, 0.29) is 11.5 Å². The molecular weight excluding hydrogens is 359 g/mol. The van der Waals surface area contributed by atoms with E-state index in [1.54, 1.807) is 24.3 Å². The van der Waals surface area contributed by atoms with Crippen LogP contribution in [0.5, 0.6) is 0 Å². The van der Waals surface area contributed by atoms with Crippen molar-refractivity contribution in [3.63, 3.8) is 0 Å². The predicted molar refractivity (Wildman–Crippen MR) is 103 cm³/mol. The number of carbonyl (C=O) groups is 1. The fourth-order valence-electron chi connectivity index (χ4n) is 2.84. The average Bonchev–Trinajstić information content (AvgIpc) is 2.57. The average molecular weight is 379 g/mol. The summed E-state index contributed by atoms with van der Waals surface area (Å²) in [5.41, 5.74) is 0.251. The van der Waals surface area contributed by atoms with Crippen LogP contribution in [0.2, 0.25) is 10.0 Å². The Hall–Kier alpha value is -1.82. The van der Waals surface area contributed by atoms with Crippen LogP contribution in [0.15, 0.2) is 36.4 Å². The minimum atomic E-state index is -0.375. The first-order chi connectivity index (χ1) is 12.0. The van der Waals surface area contributed by atoms with E-state index in [9.17, 15) is 4.79 Å². The smallest absolute Gasteiger partial charge is 0.259 e. The topological polar surface area (TPSA) is 57.3 Å². The van der Waals surface area contributed by atoms with Crippen LogP contribution >= 0.6 is 23.2 Å². The van der Waals surface area contributed by atoms with Crippen molar-refractivity contribution in [2.24, 2.45) is 0 Å². The van der Waals surface area contributed by atoms with Gasteiger partial charge < -0.3 is 15.5 Å². The number of pyridine rings is 1. The lowest BCUT2D eigenvalue weighted by Gasteiger charge is -2.29. The third-order valence-electron chi connectivity index (χ3n) is 4.25. The van der Waals surface area contributed by atoms with Crippen molar-refractivity contribution >= 4 is 40.7 Å². The van der Waals surface area contributed by atoms with Gasteiger partial charge in [-0.05, 0) is 57.2 Å². The third-order valence-corrected chi connectivity index (χ3v) is 4.88. The van der Waals surface area contributed by atoms with Crippen LogP contribution in [0.1, 0.15) is 23.2 Å². The van der Waals surface area contributed by atoms with Crippen LogP contribution in [0, 0.1) is 0 Å². The number of nitrogens with one attached hydrogen (secondary N) is 2. The molecule has 0 bridgehead atoms. The van der Waals surface area contributed by atoms with E-state index >= 15 is 0 Å². The number of likely N-dealkylation sites (tertiary alicyclic amines) is 1. The van der Waals surface area contributed by atoms with Crippen LogP contribution in [0.3, 0.4) is 0 Å². The number of hydrogen-bond donors (Lipinski definition) is 2. The van der Waals surface area contributed by atoms with Gasteiger partial charge in [0.05, 0.1) is 15.6 Å². The van der Waals surface area contributed by atoms with Crippen LogP contribution in [-0.2, 0) is 0 Å². The molecule has 2 aromatic rings. The van der Waals surface area contributed by atoms with Crippen molar-refractivity contribution in [1.29, 1.82) is 0 Å². The van der Waals surface area contributed by atoms with E-state index < -0.39 is 0 Å². The van der Waals surface area contributed by atoms with Gasteiger partial charge in [0.25, 0.3) is 5.91 Å². The van der Waals surface area contributed by atoms with Gasteiger partial charge in [-0.25, -0.2) is 4.98 Å². The fourth-order valence-corrected chi connectivity index (χ4v) is 3.41. The lowest BCUT2D eigenvalue weighted by molar-refractivity contribution is 0.102. The monoisotopic (exact) mass is 378 g/mol. The molecule has 7 heteroatoms. The van der Waals surface area contributed by atoms with Gasteiger partial charge in [0.1, 0.15) is 11.6 Å². The second-order valence-corrected chi connectivity index (χ2v) is 7.00. The maximum atomic E-state index is 12.4. The number of nitrogens with zero attached hydrogens (tertiary/aromatic N) is 2. The number of benzene rings is 1. The third kappa shape index (κ3) is 4.63. The largest absolute Gasteiger partial charge is 0.367 e. The molecule has 1 aromatic carbocycles. The molecule has 1 aliphatic heterocycles. The summed E-state index contributed by atoms with van der Waals surface area (Å²) in [7, 11) is 2.13. The van der Waals surface area contributed by atoms with Crippen molar-refractivity contribution in [3.05, 3.63) is 52.0 Å². The summed E-state index contributed by atoms with van der Waals surface area (Å²) in [6, 6.07) is 10.9. The zero-order valence-corrected chi connectivity index (χ0v) is 15.4. The fraction of sp³-hybridized carbons (Fsp3) is 0.333. The van der Waals surface area contributed by atoms with Gasteiger partial charge in [-0.1, -0.05) is 35.3 Å². The summed E-state index contributed by atoms with van der Waals surface area (Å²) in [4.78, 5) is 19.2. The molecule has 0 aliphatic carbocycles. The molecule has 25 heavy (non-hydrogen) atoms. The number of halogens is 2. The van der Waals surface area contributed by atoms with Crippen molar-refractivity contribution in [3.8, 4) is 0 Å². The molecule has 0 spiro atoms. The lowest BCUT2D eigenvalue weighted by Crippen LogP contribution is -2.36. The molecule has 3 rings (SSSR count). The minimum absolute atomic E-state index is 0.251. The summed E-state index contributed by atoms with van der Waals surface area (Å²) in [6.45, 7) is 2.14. The standard InChI is InChI=1S/C18H20Cl2N4O/c1-24-10-8-12(9-11-24)21-15-6-3-7-16(22-15)23-18(25)17-13(19)4-2-5-14(17)20/h2-7,12H,8-11H2,1H3,(H2,21,22,23,25). The van der Waals surface area contributed by atoms with Crippen molar-refractivity contribution < 1.29 is 4.79 Å². The van der Waals surface area contributed by atoms with Gasteiger partial charge in [-0.2, -0.15) is 0 Å². The maximum absolute atomic E-state index is 12.4. The molecule has 0 saturated carbocycles. The summed E-state index contributed by atoms with van der Waals surface area (Å²) >= 11 is 12.2. The van der Waals surface area contributed by atoms with Gasteiger partial charge in [0.15, 0.2) is 0 Å². The first-order valence-corrected chi connectivity index (χ1v) is 8.96. The molecule has 1 fully saturated rings. The Morgan fingerprint density at radius 3 is 2.36 bits per heavy atom. The maximum Gasteiger partial charge on any atom is 0.259 e. The van der Waals surface area contributed by atoms with E-state index in [0.717, 1.165) is 31.7 Å². The zero-order chi connectivity index (χ0) is 17.8. The molecule has 1 aliphatic rings. The van der Waals surface area contributed by atoms with Crippen molar-refractivity contribution in [2.75, 3.05) is 30.8 Å². The predicted octanol–water partition coefficient (Wildman–Crippen LogP) is 4.15. The lowest BCUT2D eigenvalue weighted by atomic mass is 10.1. The molecule has 0 atom stereocenters. The SMILES string of the molecule is CN1CCC(Nc2cccc(NC(=O)c3c(Cl)cccc3Cl)n2)CC1. The quantitative estimate of drug-likeness (QED) is 0.838. The summed E-state index contributed by atoms with van der Waals surface area (Å²) in [6.07, 6.45) is 2.15. The first kappa shape index (κ1) is 18.0. The number of carbonyl (C=O) groups excluding carboxylic acids is 1. The normalized spacial score (nSPS) is 15.8. The molecule has 2 N–H and O–H groups in total. The summed E-state index contributed by atoms with van der Waals surface area (Å²) in [5.74, 6) is 0.830. The van der Waals surface area contributed by atoms with Gasteiger partial charge in [0, 0.05) is 6.04 Å². The zero-order valence-electron chi connectivity index (χ0n) is 13.9. The van der Waals surface area contributed by atoms with Gasteiger partial charge in [-0.15, -0.1) is 0 Å². The highest BCUT2D eigenvalue weighted by molar-refractivity contribution is 6.40. The van der Waals surface area contributed by atoms with Crippen LogP contribution in [0.4, 0.5) is 11.6 Å². The Morgan fingerprint density at radius 1 is 1.08 bits per heavy atom. The highest BCUT2D eigenvalue weighted by Gasteiger charge is 2.18. The Labute approximate surface area is 157 Å². The molecule has 5 nitrogen and oxygen atoms in total. The Balaban J connectivity index is 1.68. The molecule has 2 heterocycles. The number of piperidine rings is 1. The minimum Gasteiger partial charge on any atom is -0.367 e. The van der Waals surface area contributed by atoms with Crippen molar-refractivity contribution in [2.45, 2.75) is 18.9 Å². The number of hydrogen-bond acceptors (Lipinski definition) is 4. The van der Waals surface area contributed by atoms with E-state index in [2.05, 4.69) is 27.6 Å². The molecule has 1 amide bonds. The Kier molecular flexibility index (Phi) is 5.78. The number of amides is 1. The van der Waals surface area contributed by atoms with E-state index in [4.69, 9.17) is 23.2 Å². The molecule has 1 aromatic heterocycles. The van der Waals surface area contributed by atoms with Crippen LogP contribution in [0.25, 0.3) is 0 Å². The molecule has 0 unspecified atom stereocenters. The van der Waals surface area contributed by atoms with E-state index in [1.807, 2.05) is 12.1 Å². The number of anilines is 2. The van der Waals surface area contributed by atoms with Gasteiger partial charge >= 0.3 is 0 Å². The molecule has 0 radical (unpaired) electrons. The highest BCUT2D eigenvalue weighted by Crippen LogP contribution is 2.25. The highest BCUT2D eigenvalue weighted by atomic mass is 35.5. The second-order valence-electron chi connectivity index (χ2n) is 6.18. The van der Waals surface area contributed by atoms with E-state index in [1.165, 1.54) is 0 Å². The molecule has 132 valence electrons. The van der Waals surface area contributed by atoms with Crippen LogP contribution in [-0.4, -0.2) is 42.0 Å². The number of rotatable bonds is 4. The van der Waals surface area contributed by atoms with Gasteiger partial charge in [0.2, 0.25) is 0 Å². The summed E-state index contributed by atoms with van der Waals surface area (Å²) < 4.78 is 0. The van der Waals surface area contributed by atoms with Crippen LogP contribution < -0.4 is 10.6 Å². The number of aromatic nitrogens is 1. The summed E-state index contributed by atoms with van der Waals surface area (Å²) in [5, 5.41) is 6.82. The Bertz CT molecular complexity index is 740. The molecular formula is C18H20Cl2N4O. The molecule has 1 saturated heterocycles. The van der Waals surface area contributed by atoms with Gasteiger partial charge in [-0.3, -0.25) is 4.79 Å². The van der Waals surface area contributed by atoms with Crippen molar-refractivity contribution in [1.82, 2.24) is 9.88 Å².